The van der Waals surface area contributed by atoms with Crippen LogP contribution in [0.2, 0.25) is 0 Å². The fraction of sp³-hybridized carbons (Fsp3) is 1.00. The summed E-state index contributed by atoms with van der Waals surface area (Å²) in [6.07, 6.45) is 5.88. The van der Waals surface area contributed by atoms with E-state index in [4.69, 9.17) is 4.74 Å². The summed E-state index contributed by atoms with van der Waals surface area (Å²) in [5, 5.41) is 3.62. The Kier molecular flexibility index (Phi) is 3.23. The van der Waals surface area contributed by atoms with Gasteiger partial charge in [0.05, 0.1) is 6.61 Å². The van der Waals surface area contributed by atoms with Crippen molar-refractivity contribution in [2.45, 2.75) is 38.6 Å². The van der Waals surface area contributed by atoms with Gasteiger partial charge in [-0.05, 0) is 38.0 Å². The predicted molar refractivity (Wildman–Crippen MR) is 53.7 cm³/mol. The summed E-state index contributed by atoms with van der Waals surface area (Å²) in [5.74, 6) is 2.04. The standard InChI is InChI=1S/C11H21NO/c1-2-13-6-5-12-11-8-9-3-4-10(11)7-9/h9-12H,2-8H2,1H3/t9-,10-,11+/m1/s1. The lowest BCUT2D eigenvalue weighted by Gasteiger charge is -2.22. The van der Waals surface area contributed by atoms with E-state index in [-0.39, 0.29) is 0 Å². The van der Waals surface area contributed by atoms with Gasteiger partial charge in [0, 0.05) is 19.2 Å². The Morgan fingerprint density at radius 3 is 2.85 bits per heavy atom. The molecule has 0 aromatic carbocycles. The molecule has 2 fully saturated rings. The minimum atomic E-state index is 0.819. The van der Waals surface area contributed by atoms with Crippen LogP contribution < -0.4 is 5.32 Å². The van der Waals surface area contributed by atoms with Gasteiger partial charge in [0.25, 0.3) is 0 Å². The molecule has 2 aliphatic rings. The first-order chi connectivity index (χ1) is 6.40. The average Bonchev–Trinajstić information content (AvgIpc) is 2.73. The average molecular weight is 183 g/mol. The van der Waals surface area contributed by atoms with Crippen molar-refractivity contribution in [2.24, 2.45) is 11.8 Å². The molecule has 2 aliphatic carbocycles. The van der Waals surface area contributed by atoms with Crippen LogP contribution in [-0.2, 0) is 4.74 Å². The summed E-state index contributed by atoms with van der Waals surface area (Å²) in [6, 6.07) is 0.819. The molecule has 1 N–H and O–H groups in total. The summed E-state index contributed by atoms with van der Waals surface area (Å²) < 4.78 is 5.31. The first kappa shape index (κ1) is 9.47. The lowest BCUT2D eigenvalue weighted by Crippen LogP contribution is -2.36. The number of rotatable bonds is 5. The van der Waals surface area contributed by atoms with E-state index < -0.39 is 0 Å². The van der Waals surface area contributed by atoms with Gasteiger partial charge in [0.15, 0.2) is 0 Å². The maximum Gasteiger partial charge on any atom is 0.0590 e. The highest BCUT2D eigenvalue weighted by Gasteiger charge is 2.38. The summed E-state index contributed by atoms with van der Waals surface area (Å²) in [5.41, 5.74) is 0. The summed E-state index contributed by atoms with van der Waals surface area (Å²) >= 11 is 0. The molecule has 2 heteroatoms. The topological polar surface area (TPSA) is 21.3 Å². The second-order valence-electron chi connectivity index (χ2n) is 4.43. The van der Waals surface area contributed by atoms with Gasteiger partial charge in [0.2, 0.25) is 0 Å². The number of ether oxygens (including phenoxy) is 1. The first-order valence-corrected chi connectivity index (χ1v) is 5.71. The van der Waals surface area contributed by atoms with E-state index in [1.54, 1.807) is 0 Å². The van der Waals surface area contributed by atoms with E-state index in [1.165, 1.54) is 25.7 Å². The molecule has 3 atom stereocenters. The fourth-order valence-corrected chi connectivity index (χ4v) is 2.96. The van der Waals surface area contributed by atoms with Crippen LogP contribution in [0, 0.1) is 11.8 Å². The van der Waals surface area contributed by atoms with Crippen molar-refractivity contribution < 1.29 is 4.74 Å². The molecule has 0 aromatic rings. The van der Waals surface area contributed by atoms with Crippen molar-refractivity contribution in [3.8, 4) is 0 Å². The molecular formula is C11H21NO. The smallest absolute Gasteiger partial charge is 0.0590 e. The Labute approximate surface area is 81.0 Å². The molecule has 13 heavy (non-hydrogen) atoms. The van der Waals surface area contributed by atoms with Crippen LogP contribution in [0.5, 0.6) is 0 Å². The molecule has 0 saturated heterocycles. The molecule has 76 valence electrons. The first-order valence-electron chi connectivity index (χ1n) is 5.71. The molecule has 0 radical (unpaired) electrons. The third-order valence-corrected chi connectivity index (χ3v) is 3.60. The summed E-state index contributed by atoms with van der Waals surface area (Å²) in [7, 11) is 0. The van der Waals surface area contributed by atoms with Crippen LogP contribution in [0.4, 0.5) is 0 Å². The number of hydrogen-bond acceptors (Lipinski definition) is 2. The summed E-state index contributed by atoms with van der Waals surface area (Å²) in [4.78, 5) is 0. The van der Waals surface area contributed by atoms with Crippen LogP contribution in [0.1, 0.15) is 32.6 Å². The zero-order valence-electron chi connectivity index (χ0n) is 8.59. The van der Waals surface area contributed by atoms with Crippen molar-refractivity contribution >= 4 is 0 Å². The van der Waals surface area contributed by atoms with Crippen molar-refractivity contribution in [2.75, 3.05) is 19.8 Å². The summed E-state index contributed by atoms with van der Waals surface area (Å²) in [6.45, 7) is 4.82. The molecule has 2 rings (SSSR count). The van der Waals surface area contributed by atoms with E-state index in [2.05, 4.69) is 12.2 Å². The quantitative estimate of drug-likeness (QED) is 0.656. The molecule has 2 bridgehead atoms. The van der Waals surface area contributed by atoms with E-state index in [1.807, 2.05) is 0 Å². The Morgan fingerprint density at radius 1 is 1.31 bits per heavy atom. The maximum atomic E-state index is 5.31. The Morgan fingerprint density at radius 2 is 2.23 bits per heavy atom. The third-order valence-electron chi connectivity index (χ3n) is 3.60. The maximum absolute atomic E-state index is 5.31. The van der Waals surface area contributed by atoms with Crippen LogP contribution >= 0.6 is 0 Å². The van der Waals surface area contributed by atoms with Gasteiger partial charge >= 0.3 is 0 Å². The van der Waals surface area contributed by atoms with Crippen molar-refractivity contribution in [3.05, 3.63) is 0 Å². The second kappa shape index (κ2) is 4.43. The number of hydrogen-bond donors (Lipinski definition) is 1. The zero-order chi connectivity index (χ0) is 9.10. The fourth-order valence-electron chi connectivity index (χ4n) is 2.96. The molecule has 0 aromatic heterocycles. The largest absolute Gasteiger partial charge is 0.380 e. The minimum absolute atomic E-state index is 0.819. The van der Waals surface area contributed by atoms with Gasteiger partial charge in [0.1, 0.15) is 0 Å². The highest BCUT2D eigenvalue weighted by Crippen LogP contribution is 2.44. The van der Waals surface area contributed by atoms with Gasteiger partial charge in [-0.1, -0.05) is 6.42 Å². The van der Waals surface area contributed by atoms with Crippen LogP contribution in [0.15, 0.2) is 0 Å². The molecule has 0 amide bonds. The lowest BCUT2D eigenvalue weighted by atomic mass is 9.95. The lowest BCUT2D eigenvalue weighted by molar-refractivity contribution is 0.144. The van der Waals surface area contributed by atoms with Crippen LogP contribution in [0.25, 0.3) is 0 Å². The molecule has 2 nitrogen and oxygen atoms in total. The molecule has 0 heterocycles. The number of fused-ring (bicyclic) bond motifs is 2. The van der Waals surface area contributed by atoms with Crippen molar-refractivity contribution in [3.63, 3.8) is 0 Å². The third kappa shape index (κ3) is 2.23. The Bertz CT molecular complexity index is 160. The van der Waals surface area contributed by atoms with E-state index in [0.29, 0.717) is 0 Å². The van der Waals surface area contributed by atoms with Gasteiger partial charge in [-0.3, -0.25) is 0 Å². The molecule has 0 aliphatic heterocycles. The van der Waals surface area contributed by atoms with E-state index in [0.717, 1.165) is 37.6 Å². The zero-order valence-corrected chi connectivity index (χ0v) is 8.59. The highest BCUT2D eigenvalue weighted by molar-refractivity contribution is 4.93. The van der Waals surface area contributed by atoms with Gasteiger partial charge in [-0.2, -0.15) is 0 Å². The molecular weight excluding hydrogens is 162 g/mol. The van der Waals surface area contributed by atoms with Crippen molar-refractivity contribution in [1.29, 1.82) is 0 Å². The van der Waals surface area contributed by atoms with Gasteiger partial charge in [-0.15, -0.1) is 0 Å². The SMILES string of the molecule is CCOCCN[C@H]1C[C@@H]2CC[C@@H]1C2. The van der Waals surface area contributed by atoms with Crippen molar-refractivity contribution in [1.82, 2.24) is 5.32 Å². The Balaban J connectivity index is 1.60. The van der Waals surface area contributed by atoms with E-state index >= 15 is 0 Å². The van der Waals surface area contributed by atoms with Gasteiger partial charge < -0.3 is 10.1 Å². The molecule has 2 saturated carbocycles. The van der Waals surface area contributed by atoms with Crippen LogP contribution in [0.3, 0.4) is 0 Å². The predicted octanol–water partition coefficient (Wildman–Crippen LogP) is 1.80. The second-order valence-corrected chi connectivity index (χ2v) is 4.43. The Hall–Kier alpha value is -0.0800. The highest BCUT2D eigenvalue weighted by atomic mass is 16.5. The monoisotopic (exact) mass is 183 g/mol. The van der Waals surface area contributed by atoms with Crippen LogP contribution in [-0.4, -0.2) is 25.8 Å². The number of nitrogens with one attached hydrogen (secondary N) is 1. The van der Waals surface area contributed by atoms with Gasteiger partial charge in [-0.25, -0.2) is 0 Å². The molecule has 0 spiro atoms. The molecule has 0 unspecified atom stereocenters. The van der Waals surface area contributed by atoms with E-state index in [9.17, 15) is 0 Å². The minimum Gasteiger partial charge on any atom is -0.380 e. The normalized spacial score (nSPS) is 37.2.